The van der Waals surface area contributed by atoms with Gasteiger partial charge in [-0.1, -0.05) is 17.7 Å². The summed E-state index contributed by atoms with van der Waals surface area (Å²) in [7, 11) is -4.00. The van der Waals surface area contributed by atoms with E-state index in [2.05, 4.69) is 9.71 Å². The first-order valence-electron chi connectivity index (χ1n) is 9.57. The normalized spacial score (nSPS) is 12.9. The van der Waals surface area contributed by atoms with Crippen molar-refractivity contribution >= 4 is 33.3 Å². The minimum atomic E-state index is -4.00. The van der Waals surface area contributed by atoms with Gasteiger partial charge in [0, 0.05) is 6.20 Å². The molecule has 2 N–H and O–H groups in total. The van der Waals surface area contributed by atoms with Gasteiger partial charge in [0.2, 0.25) is 0 Å². The lowest BCUT2D eigenvalue weighted by molar-refractivity contribution is 0.0696. The van der Waals surface area contributed by atoms with Crippen LogP contribution in [0, 0.1) is 0 Å². The van der Waals surface area contributed by atoms with Gasteiger partial charge in [-0.25, -0.2) is 13.2 Å². The van der Waals surface area contributed by atoms with Crippen LogP contribution in [0.4, 0.5) is 5.69 Å². The van der Waals surface area contributed by atoms with Gasteiger partial charge in [0.05, 0.1) is 26.9 Å². The number of aromatic nitrogens is 1. The fourth-order valence-electron chi connectivity index (χ4n) is 3.56. The fraction of sp³-hybridized carbons (Fsp3) is 0.182. The standard InChI is InChI=1S/C22H19ClN2O5S/c23-19-12-16(7-8-20(19)30-13-17-5-1-2-9-24-17)25-31(28,29)21-11-15(22(26)27)10-14-4-3-6-18(14)21/h1-2,5,7-12,25H,3-4,6,13H2,(H,26,27). The molecule has 0 unspecified atom stereocenters. The molecule has 0 amide bonds. The Morgan fingerprint density at radius 1 is 1.16 bits per heavy atom. The van der Waals surface area contributed by atoms with Crippen LogP contribution in [-0.2, 0) is 29.5 Å². The first-order valence-corrected chi connectivity index (χ1v) is 11.4. The monoisotopic (exact) mass is 458 g/mol. The molecule has 1 aliphatic carbocycles. The summed E-state index contributed by atoms with van der Waals surface area (Å²) in [6.07, 6.45) is 3.70. The number of fused-ring (bicyclic) bond motifs is 1. The number of anilines is 1. The third-order valence-electron chi connectivity index (χ3n) is 5.00. The van der Waals surface area contributed by atoms with Crippen LogP contribution in [0.25, 0.3) is 0 Å². The number of hydrogen-bond donors (Lipinski definition) is 2. The van der Waals surface area contributed by atoms with Gasteiger partial charge in [-0.05, 0) is 72.9 Å². The summed E-state index contributed by atoms with van der Waals surface area (Å²) in [6.45, 7) is 0.222. The van der Waals surface area contributed by atoms with Crippen LogP contribution in [0.1, 0.15) is 33.6 Å². The second kappa shape index (κ2) is 8.56. The van der Waals surface area contributed by atoms with Crippen molar-refractivity contribution in [1.29, 1.82) is 0 Å². The number of hydrogen-bond acceptors (Lipinski definition) is 5. The number of pyridine rings is 1. The Morgan fingerprint density at radius 2 is 2.00 bits per heavy atom. The number of aromatic carboxylic acids is 1. The van der Waals surface area contributed by atoms with Crippen LogP contribution >= 0.6 is 11.6 Å². The highest BCUT2D eigenvalue weighted by molar-refractivity contribution is 7.92. The molecule has 0 spiro atoms. The number of benzene rings is 2. The van der Waals surface area contributed by atoms with Gasteiger partial charge in [-0.2, -0.15) is 0 Å². The van der Waals surface area contributed by atoms with Gasteiger partial charge in [-0.3, -0.25) is 9.71 Å². The Morgan fingerprint density at radius 3 is 2.71 bits per heavy atom. The number of ether oxygens (including phenoxy) is 1. The van der Waals surface area contributed by atoms with E-state index in [9.17, 15) is 18.3 Å². The zero-order valence-corrected chi connectivity index (χ0v) is 17.9. The first kappa shape index (κ1) is 21.1. The zero-order chi connectivity index (χ0) is 22.0. The van der Waals surface area contributed by atoms with Gasteiger partial charge in [-0.15, -0.1) is 0 Å². The van der Waals surface area contributed by atoms with Crippen molar-refractivity contribution in [3.8, 4) is 5.75 Å². The fourth-order valence-corrected chi connectivity index (χ4v) is 5.18. The van der Waals surface area contributed by atoms with Crippen LogP contribution in [0.3, 0.4) is 0 Å². The highest BCUT2D eigenvalue weighted by Gasteiger charge is 2.26. The average Bonchev–Trinajstić information content (AvgIpc) is 3.21. The van der Waals surface area contributed by atoms with Crippen LogP contribution in [-0.4, -0.2) is 24.5 Å². The van der Waals surface area contributed by atoms with Crippen molar-refractivity contribution in [2.75, 3.05) is 4.72 Å². The Bertz CT molecular complexity index is 1250. The second-order valence-electron chi connectivity index (χ2n) is 7.13. The van der Waals surface area contributed by atoms with E-state index in [-0.39, 0.29) is 27.8 Å². The molecule has 1 aromatic heterocycles. The van der Waals surface area contributed by atoms with Gasteiger partial charge < -0.3 is 9.84 Å². The van der Waals surface area contributed by atoms with Crippen LogP contribution in [0.15, 0.2) is 59.6 Å². The maximum Gasteiger partial charge on any atom is 0.335 e. The quantitative estimate of drug-likeness (QED) is 0.546. The molecule has 0 fully saturated rings. The molecule has 0 radical (unpaired) electrons. The van der Waals surface area contributed by atoms with Crippen molar-refractivity contribution < 1.29 is 23.1 Å². The number of carboxylic acids is 1. The van der Waals surface area contributed by atoms with E-state index < -0.39 is 16.0 Å². The highest BCUT2D eigenvalue weighted by Crippen LogP contribution is 2.33. The SMILES string of the molecule is O=C(O)c1cc2c(c(S(=O)(=O)Nc3ccc(OCc4ccccn4)c(Cl)c3)c1)CCC2. The molecule has 2 aromatic carbocycles. The van der Waals surface area contributed by atoms with E-state index in [0.717, 1.165) is 17.7 Å². The molecule has 0 aliphatic heterocycles. The predicted molar refractivity (Wildman–Crippen MR) is 116 cm³/mol. The Hall–Kier alpha value is -3.10. The van der Waals surface area contributed by atoms with Crippen molar-refractivity contribution in [2.45, 2.75) is 30.8 Å². The average molecular weight is 459 g/mol. The first-order chi connectivity index (χ1) is 14.8. The van der Waals surface area contributed by atoms with E-state index in [1.165, 1.54) is 12.1 Å². The summed E-state index contributed by atoms with van der Waals surface area (Å²) in [5.74, 6) is -0.771. The Labute approximate surface area is 184 Å². The van der Waals surface area contributed by atoms with Crippen LogP contribution in [0.5, 0.6) is 5.75 Å². The van der Waals surface area contributed by atoms with Crippen molar-refractivity contribution in [3.05, 3.63) is 82.1 Å². The zero-order valence-electron chi connectivity index (χ0n) is 16.3. The van der Waals surface area contributed by atoms with E-state index in [4.69, 9.17) is 16.3 Å². The smallest absolute Gasteiger partial charge is 0.335 e. The molecule has 0 bridgehead atoms. The largest absolute Gasteiger partial charge is 0.486 e. The maximum atomic E-state index is 13.1. The van der Waals surface area contributed by atoms with Gasteiger partial charge in [0.1, 0.15) is 12.4 Å². The molecule has 0 saturated carbocycles. The number of nitrogens with zero attached hydrogens (tertiary/aromatic N) is 1. The molecule has 1 aliphatic rings. The summed E-state index contributed by atoms with van der Waals surface area (Å²) in [5.41, 5.74) is 2.37. The Balaban J connectivity index is 1.56. The molecule has 160 valence electrons. The molecule has 7 nitrogen and oxygen atoms in total. The maximum absolute atomic E-state index is 13.1. The van der Waals surface area contributed by atoms with E-state index in [1.54, 1.807) is 30.5 Å². The molecule has 31 heavy (non-hydrogen) atoms. The summed E-state index contributed by atoms with van der Waals surface area (Å²) < 4.78 is 34.3. The molecule has 9 heteroatoms. The number of nitrogens with one attached hydrogen (secondary N) is 1. The summed E-state index contributed by atoms with van der Waals surface area (Å²) >= 11 is 6.27. The predicted octanol–water partition coefficient (Wildman–Crippen LogP) is 4.30. The summed E-state index contributed by atoms with van der Waals surface area (Å²) in [4.78, 5) is 15.6. The molecular weight excluding hydrogens is 440 g/mol. The van der Waals surface area contributed by atoms with Crippen LogP contribution in [0.2, 0.25) is 5.02 Å². The topological polar surface area (TPSA) is 106 Å². The van der Waals surface area contributed by atoms with E-state index in [0.29, 0.717) is 24.2 Å². The number of sulfonamides is 1. The molecule has 1 heterocycles. The van der Waals surface area contributed by atoms with Gasteiger partial charge in [0.15, 0.2) is 0 Å². The van der Waals surface area contributed by atoms with E-state index >= 15 is 0 Å². The van der Waals surface area contributed by atoms with Gasteiger partial charge in [0.25, 0.3) is 10.0 Å². The minimum absolute atomic E-state index is 0.00787. The number of rotatable bonds is 7. The molecule has 0 atom stereocenters. The highest BCUT2D eigenvalue weighted by atomic mass is 35.5. The summed E-state index contributed by atoms with van der Waals surface area (Å²) in [5, 5.41) is 9.58. The van der Waals surface area contributed by atoms with Gasteiger partial charge >= 0.3 is 5.97 Å². The number of aryl methyl sites for hydroxylation is 1. The Kier molecular flexibility index (Phi) is 5.84. The van der Waals surface area contributed by atoms with Crippen molar-refractivity contribution in [3.63, 3.8) is 0 Å². The molecule has 3 aromatic rings. The lowest BCUT2D eigenvalue weighted by atomic mass is 10.1. The van der Waals surface area contributed by atoms with Crippen molar-refractivity contribution in [1.82, 2.24) is 4.98 Å². The number of carboxylic acid groups (broad SMARTS) is 1. The van der Waals surface area contributed by atoms with Crippen LogP contribution < -0.4 is 9.46 Å². The molecule has 4 rings (SSSR count). The summed E-state index contributed by atoms with van der Waals surface area (Å²) in [6, 6.07) is 12.8. The number of carbonyl (C=O) groups is 1. The molecule has 0 saturated heterocycles. The van der Waals surface area contributed by atoms with Crippen molar-refractivity contribution in [2.24, 2.45) is 0 Å². The second-order valence-corrected chi connectivity index (χ2v) is 9.19. The third kappa shape index (κ3) is 4.65. The minimum Gasteiger partial charge on any atom is -0.486 e. The lowest BCUT2D eigenvalue weighted by Crippen LogP contribution is -2.16. The lowest BCUT2D eigenvalue weighted by Gasteiger charge is -2.14. The van der Waals surface area contributed by atoms with E-state index in [1.807, 2.05) is 12.1 Å². The third-order valence-corrected chi connectivity index (χ3v) is 6.74. The number of halogens is 1. The molecular formula is C22H19ClN2O5S.